The van der Waals surface area contributed by atoms with Crippen LogP contribution in [-0.2, 0) is 4.79 Å². The highest BCUT2D eigenvalue weighted by Gasteiger charge is 2.26. The first-order chi connectivity index (χ1) is 11.9. The molecule has 0 radical (unpaired) electrons. The van der Waals surface area contributed by atoms with Crippen LogP contribution >= 0.6 is 15.9 Å². The van der Waals surface area contributed by atoms with Gasteiger partial charge in [-0.2, -0.15) is 0 Å². The van der Waals surface area contributed by atoms with Crippen molar-refractivity contribution in [2.45, 2.75) is 25.5 Å². The first-order valence-electron chi connectivity index (χ1n) is 7.78. The number of ether oxygens (including phenoxy) is 2. The van der Waals surface area contributed by atoms with Crippen molar-refractivity contribution in [3.05, 3.63) is 58.1 Å². The fraction of sp³-hybridized carbons (Fsp3) is 0.278. The third-order valence-electron chi connectivity index (χ3n) is 3.90. The summed E-state index contributed by atoms with van der Waals surface area (Å²) in [4.78, 5) is 12.4. The molecule has 132 valence electrons. The second kappa shape index (κ2) is 7.39. The van der Waals surface area contributed by atoms with Crippen LogP contribution < -0.4 is 14.8 Å². The zero-order valence-electron chi connectivity index (χ0n) is 13.4. The van der Waals surface area contributed by atoms with Gasteiger partial charge < -0.3 is 14.8 Å². The third-order valence-corrected chi connectivity index (χ3v) is 4.39. The van der Waals surface area contributed by atoms with Gasteiger partial charge in [0.25, 0.3) is 5.91 Å². The summed E-state index contributed by atoms with van der Waals surface area (Å²) >= 11 is 3.41. The smallest absolute Gasteiger partial charge is 0.261 e. The second-order valence-electron chi connectivity index (χ2n) is 5.72. The average molecular weight is 412 g/mol. The Labute approximate surface area is 152 Å². The van der Waals surface area contributed by atoms with Crippen LogP contribution in [0.5, 0.6) is 11.5 Å². The van der Waals surface area contributed by atoms with Crippen LogP contribution in [0.3, 0.4) is 0 Å². The van der Waals surface area contributed by atoms with Gasteiger partial charge in [0.1, 0.15) is 11.5 Å². The average Bonchev–Trinajstić information content (AvgIpc) is 2.58. The number of hydrogen-bond donors (Lipinski definition) is 1. The number of hydrogen-bond acceptors (Lipinski definition) is 3. The van der Waals surface area contributed by atoms with Crippen LogP contribution in [0.1, 0.15) is 24.9 Å². The van der Waals surface area contributed by atoms with Gasteiger partial charge in [0.2, 0.25) is 0 Å². The van der Waals surface area contributed by atoms with Crippen molar-refractivity contribution in [2.24, 2.45) is 0 Å². The summed E-state index contributed by atoms with van der Waals surface area (Å²) < 4.78 is 38.1. The minimum atomic E-state index is -1.02. The maximum absolute atomic E-state index is 13.2. The summed E-state index contributed by atoms with van der Waals surface area (Å²) in [6.45, 7) is 2.05. The third kappa shape index (κ3) is 4.10. The Kier molecular flexibility index (Phi) is 5.22. The van der Waals surface area contributed by atoms with Crippen molar-refractivity contribution in [1.82, 2.24) is 5.32 Å². The van der Waals surface area contributed by atoms with Crippen LogP contribution in [0.2, 0.25) is 0 Å². The maximum Gasteiger partial charge on any atom is 0.261 e. The van der Waals surface area contributed by atoms with E-state index in [0.29, 0.717) is 13.0 Å². The van der Waals surface area contributed by atoms with E-state index in [2.05, 4.69) is 21.2 Å². The van der Waals surface area contributed by atoms with Gasteiger partial charge in [-0.05, 0) is 37.3 Å². The summed E-state index contributed by atoms with van der Waals surface area (Å²) in [6.07, 6.45) is -0.226. The van der Waals surface area contributed by atoms with Crippen molar-refractivity contribution in [3.8, 4) is 11.5 Å². The van der Waals surface area contributed by atoms with Crippen molar-refractivity contribution in [3.63, 3.8) is 0 Å². The van der Waals surface area contributed by atoms with Crippen LogP contribution in [0, 0.1) is 11.6 Å². The zero-order chi connectivity index (χ0) is 18.0. The predicted octanol–water partition coefficient (Wildman–Crippen LogP) is 4.13. The normalized spacial score (nSPS) is 17.2. The van der Waals surface area contributed by atoms with Crippen LogP contribution in [0.15, 0.2) is 40.9 Å². The molecule has 25 heavy (non-hydrogen) atoms. The molecule has 3 rings (SSSR count). The lowest BCUT2D eigenvalue weighted by atomic mass is 10.0. The number of carbonyl (C=O) groups is 1. The Morgan fingerprint density at radius 2 is 2.08 bits per heavy atom. The summed E-state index contributed by atoms with van der Waals surface area (Å²) in [5.74, 6) is -1.50. The first kappa shape index (κ1) is 17.7. The lowest BCUT2D eigenvalue weighted by Crippen LogP contribution is -2.40. The molecule has 2 aromatic rings. The lowest BCUT2D eigenvalue weighted by molar-refractivity contribution is -0.128. The molecule has 0 saturated carbocycles. The molecule has 1 heterocycles. The molecule has 1 aliphatic heterocycles. The summed E-state index contributed by atoms with van der Waals surface area (Å²) in [7, 11) is 0. The summed E-state index contributed by atoms with van der Waals surface area (Å²) in [5, 5.41) is 2.92. The quantitative estimate of drug-likeness (QED) is 0.822. The van der Waals surface area contributed by atoms with Crippen LogP contribution in [0.4, 0.5) is 8.78 Å². The zero-order valence-corrected chi connectivity index (χ0v) is 15.0. The molecule has 4 nitrogen and oxygen atoms in total. The minimum Gasteiger partial charge on any atom is -0.493 e. The number of amides is 1. The molecule has 2 unspecified atom stereocenters. The Bertz CT molecular complexity index is 800. The molecular weight excluding hydrogens is 396 g/mol. The van der Waals surface area contributed by atoms with E-state index in [1.54, 1.807) is 6.92 Å². The predicted molar refractivity (Wildman–Crippen MR) is 91.6 cm³/mol. The summed E-state index contributed by atoms with van der Waals surface area (Å²) in [6, 6.07) is 8.58. The molecule has 0 aromatic heterocycles. The Hall–Kier alpha value is -2.15. The van der Waals surface area contributed by atoms with Crippen molar-refractivity contribution in [1.29, 1.82) is 0 Å². The highest BCUT2D eigenvalue weighted by molar-refractivity contribution is 9.10. The number of nitrogens with one attached hydrogen (secondary N) is 1. The fourth-order valence-corrected chi connectivity index (χ4v) is 2.99. The maximum atomic E-state index is 13.2. The van der Waals surface area contributed by atoms with E-state index in [1.165, 1.54) is 6.07 Å². The number of carbonyl (C=O) groups excluding carboxylic acids is 1. The number of benzene rings is 2. The number of fused-ring (bicyclic) bond motifs is 1. The molecule has 2 aromatic carbocycles. The number of halogens is 3. The van der Waals surface area contributed by atoms with Gasteiger partial charge in [-0.1, -0.05) is 15.9 Å². The SMILES string of the molecule is CC(Oc1ccc(F)c(F)c1)C(=O)NC1CCOc2ccc(Br)cc21. The fourth-order valence-electron chi connectivity index (χ4n) is 2.61. The molecule has 2 atom stereocenters. The molecule has 0 aliphatic carbocycles. The van der Waals surface area contributed by atoms with Gasteiger partial charge in [-0.25, -0.2) is 8.78 Å². The largest absolute Gasteiger partial charge is 0.493 e. The Balaban J connectivity index is 1.68. The van der Waals surface area contributed by atoms with E-state index in [4.69, 9.17) is 9.47 Å². The van der Waals surface area contributed by atoms with Crippen molar-refractivity contribution >= 4 is 21.8 Å². The van der Waals surface area contributed by atoms with Crippen LogP contribution in [-0.4, -0.2) is 18.6 Å². The molecule has 1 amide bonds. The molecule has 1 N–H and O–H groups in total. The van der Waals surface area contributed by atoms with E-state index < -0.39 is 17.7 Å². The van der Waals surface area contributed by atoms with E-state index >= 15 is 0 Å². The van der Waals surface area contributed by atoms with Crippen molar-refractivity contribution in [2.75, 3.05) is 6.61 Å². The lowest BCUT2D eigenvalue weighted by Gasteiger charge is -2.28. The Morgan fingerprint density at radius 3 is 2.84 bits per heavy atom. The monoisotopic (exact) mass is 411 g/mol. The molecule has 1 aliphatic rings. The molecule has 0 fully saturated rings. The molecule has 0 bridgehead atoms. The highest BCUT2D eigenvalue weighted by atomic mass is 79.9. The Morgan fingerprint density at radius 1 is 1.28 bits per heavy atom. The van der Waals surface area contributed by atoms with E-state index in [0.717, 1.165) is 27.9 Å². The summed E-state index contributed by atoms with van der Waals surface area (Å²) in [5.41, 5.74) is 0.883. The minimum absolute atomic E-state index is 0.0941. The van der Waals surface area contributed by atoms with E-state index in [-0.39, 0.29) is 17.7 Å². The van der Waals surface area contributed by atoms with Gasteiger partial charge in [0, 0.05) is 22.5 Å². The van der Waals surface area contributed by atoms with Gasteiger partial charge in [0.05, 0.1) is 12.6 Å². The number of rotatable bonds is 4. The molecule has 7 heteroatoms. The second-order valence-corrected chi connectivity index (χ2v) is 6.63. The van der Waals surface area contributed by atoms with E-state index in [9.17, 15) is 13.6 Å². The standard InChI is InChI=1S/C18H16BrF2NO3/c1-10(25-12-3-4-14(20)15(21)9-12)18(23)22-16-6-7-24-17-5-2-11(19)8-13(16)17/h2-5,8-10,16H,6-7H2,1H3,(H,22,23). The molecular formula is C18H16BrF2NO3. The van der Waals surface area contributed by atoms with Gasteiger partial charge >= 0.3 is 0 Å². The van der Waals surface area contributed by atoms with Gasteiger partial charge in [-0.15, -0.1) is 0 Å². The van der Waals surface area contributed by atoms with Crippen LogP contribution in [0.25, 0.3) is 0 Å². The van der Waals surface area contributed by atoms with Crippen molar-refractivity contribution < 1.29 is 23.0 Å². The molecule has 0 saturated heterocycles. The van der Waals surface area contributed by atoms with Gasteiger partial charge in [-0.3, -0.25) is 4.79 Å². The molecule has 0 spiro atoms. The highest BCUT2D eigenvalue weighted by Crippen LogP contribution is 2.34. The van der Waals surface area contributed by atoms with E-state index in [1.807, 2.05) is 18.2 Å². The topological polar surface area (TPSA) is 47.6 Å². The first-order valence-corrected chi connectivity index (χ1v) is 8.57. The van der Waals surface area contributed by atoms with Gasteiger partial charge in [0.15, 0.2) is 17.7 Å².